The molecule has 6 unspecified atom stereocenters. The van der Waals surface area contributed by atoms with Crippen LogP contribution < -0.4 is 10.6 Å². The average molecular weight is 485 g/mol. The number of hydrogen-bond acceptors (Lipinski definition) is 8. The van der Waals surface area contributed by atoms with Crippen LogP contribution in [0.15, 0.2) is 24.3 Å². The molecule has 0 aromatic rings. The van der Waals surface area contributed by atoms with E-state index in [0.717, 1.165) is 25.7 Å². The second-order valence-electron chi connectivity index (χ2n) is 9.25. The number of hydrogen-bond donors (Lipinski definition) is 4. The van der Waals surface area contributed by atoms with E-state index in [1.54, 1.807) is 13.8 Å². The first kappa shape index (κ1) is 28.1. The molecule has 2 aliphatic rings. The highest BCUT2D eigenvalue weighted by Gasteiger charge is 2.45. The van der Waals surface area contributed by atoms with Gasteiger partial charge in [0, 0.05) is 13.1 Å². The Morgan fingerprint density at radius 3 is 1.82 bits per heavy atom. The van der Waals surface area contributed by atoms with Gasteiger partial charge >= 0.3 is 12.2 Å². The molecular formula is C24H40N2O8. The standard InChI is InChI=1S/C24H40N2O8/c1-15(2)21(27)31-7-9-33-23(29)25-6-5-17-11-19-12-18(17)13-20(19)14-26-24(30)34-10-8-32-22(28)16(3)4/h17-22,27-28H,1,3,5-14H2,2,4H3,(H,25,29)(H,26,30). The van der Waals surface area contributed by atoms with Gasteiger partial charge in [0.2, 0.25) is 0 Å². The lowest BCUT2D eigenvalue weighted by Gasteiger charge is -2.28. The van der Waals surface area contributed by atoms with Crippen molar-refractivity contribution in [3.05, 3.63) is 24.3 Å². The molecule has 10 nitrogen and oxygen atoms in total. The predicted octanol–water partition coefficient (Wildman–Crippen LogP) is 2.31. The lowest BCUT2D eigenvalue weighted by atomic mass is 9.80. The molecule has 2 saturated carbocycles. The first-order valence-electron chi connectivity index (χ1n) is 11.9. The molecule has 0 saturated heterocycles. The largest absolute Gasteiger partial charge is 0.447 e. The third kappa shape index (κ3) is 9.61. The molecule has 2 aliphatic carbocycles. The number of rotatable bonds is 15. The molecule has 0 heterocycles. The maximum atomic E-state index is 11.9. The Hall–Kier alpha value is -2.14. The van der Waals surface area contributed by atoms with Crippen molar-refractivity contribution >= 4 is 12.2 Å². The van der Waals surface area contributed by atoms with Crippen LogP contribution in [-0.2, 0) is 18.9 Å². The van der Waals surface area contributed by atoms with Crippen molar-refractivity contribution in [2.45, 2.75) is 52.1 Å². The van der Waals surface area contributed by atoms with Gasteiger partial charge in [-0.15, -0.1) is 0 Å². The minimum Gasteiger partial charge on any atom is -0.447 e. The van der Waals surface area contributed by atoms with Crippen LogP contribution in [0.1, 0.15) is 39.5 Å². The normalized spacial score (nSPS) is 24.8. The summed E-state index contributed by atoms with van der Waals surface area (Å²) in [6, 6.07) is 0. The highest BCUT2D eigenvalue weighted by molar-refractivity contribution is 5.67. The van der Waals surface area contributed by atoms with E-state index in [9.17, 15) is 19.8 Å². The molecule has 0 spiro atoms. The highest BCUT2D eigenvalue weighted by atomic mass is 16.6. The number of aliphatic hydroxyl groups is 2. The van der Waals surface area contributed by atoms with Crippen LogP contribution in [-0.4, -0.2) is 74.5 Å². The van der Waals surface area contributed by atoms with Crippen LogP contribution in [0.2, 0.25) is 0 Å². The average Bonchev–Trinajstić information content (AvgIpc) is 3.38. The predicted molar refractivity (Wildman–Crippen MR) is 125 cm³/mol. The Morgan fingerprint density at radius 2 is 1.32 bits per heavy atom. The molecule has 2 fully saturated rings. The maximum absolute atomic E-state index is 11.9. The van der Waals surface area contributed by atoms with Gasteiger partial charge in [0.1, 0.15) is 13.2 Å². The molecule has 2 rings (SSSR count). The summed E-state index contributed by atoms with van der Waals surface area (Å²) in [6.07, 6.45) is 1.17. The molecular weight excluding hydrogens is 444 g/mol. The fraction of sp³-hybridized carbons (Fsp3) is 0.750. The zero-order valence-corrected chi connectivity index (χ0v) is 20.3. The Labute approximate surface area is 201 Å². The van der Waals surface area contributed by atoms with Crippen LogP contribution in [0, 0.1) is 23.7 Å². The van der Waals surface area contributed by atoms with Gasteiger partial charge in [-0.05, 0) is 74.3 Å². The van der Waals surface area contributed by atoms with E-state index in [0.29, 0.717) is 47.9 Å². The lowest BCUT2D eigenvalue weighted by Crippen LogP contribution is -2.34. The topological polar surface area (TPSA) is 136 Å². The van der Waals surface area contributed by atoms with Crippen LogP contribution in [0.4, 0.5) is 9.59 Å². The van der Waals surface area contributed by atoms with Gasteiger partial charge in [0.05, 0.1) is 13.2 Å². The van der Waals surface area contributed by atoms with Crippen LogP contribution in [0.5, 0.6) is 0 Å². The van der Waals surface area contributed by atoms with E-state index in [2.05, 4.69) is 23.8 Å². The Kier molecular flexibility index (Phi) is 11.8. The summed E-state index contributed by atoms with van der Waals surface area (Å²) in [4.78, 5) is 23.6. The highest BCUT2D eigenvalue weighted by Crippen LogP contribution is 2.52. The van der Waals surface area contributed by atoms with E-state index < -0.39 is 24.8 Å². The molecule has 34 heavy (non-hydrogen) atoms. The van der Waals surface area contributed by atoms with Crippen molar-refractivity contribution in [2.24, 2.45) is 23.7 Å². The first-order valence-corrected chi connectivity index (χ1v) is 11.9. The molecule has 0 aromatic carbocycles. The summed E-state index contributed by atoms with van der Waals surface area (Å²) in [6.45, 7) is 11.9. The van der Waals surface area contributed by atoms with Gasteiger partial charge in [-0.25, -0.2) is 9.59 Å². The van der Waals surface area contributed by atoms with Crippen molar-refractivity contribution in [1.29, 1.82) is 0 Å². The molecule has 0 aromatic heterocycles. The third-order valence-electron chi connectivity index (χ3n) is 6.47. The van der Waals surface area contributed by atoms with Gasteiger partial charge in [0.15, 0.2) is 12.6 Å². The molecule has 0 aliphatic heterocycles. The molecule has 0 radical (unpaired) electrons. The summed E-state index contributed by atoms with van der Waals surface area (Å²) in [7, 11) is 0. The van der Waals surface area contributed by atoms with Crippen LogP contribution in [0.25, 0.3) is 0 Å². The SMILES string of the molecule is C=C(C)C(O)OCCOC(=O)NCCC1CC2CC1CC2CNC(=O)OCCOC(O)C(=C)C. The minimum atomic E-state index is -1.05. The van der Waals surface area contributed by atoms with Crippen molar-refractivity contribution in [3.8, 4) is 0 Å². The zero-order valence-electron chi connectivity index (χ0n) is 20.3. The van der Waals surface area contributed by atoms with Crippen LogP contribution >= 0.6 is 0 Å². The van der Waals surface area contributed by atoms with Gasteiger partial charge in [-0.2, -0.15) is 0 Å². The smallest absolute Gasteiger partial charge is 0.407 e. The monoisotopic (exact) mass is 484 g/mol. The fourth-order valence-electron chi connectivity index (χ4n) is 4.67. The van der Waals surface area contributed by atoms with Gasteiger partial charge < -0.3 is 39.8 Å². The van der Waals surface area contributed by atoms with Gasteiger partial charge in [0.25, 0.3) is 0 Å². The van der Waals surface area contributed by atoms with Crippen molar-refractivity contribution < 1.29 is 38.7 Å². The maximum Gasteiger partial charge on any atom is 0.407 e. The number of carbonyl (C=O) groups is 2. The van der Waals surface area contributed by atoms with E-state index in [4.69, 9.17) is 18.9 Å². The third-order valence-corrected chi connectivity index (χ3v) is 6.47. The molecule has 194 valence electrons. The number of ether oxygens (including phenoxy) is 4. The van der Waals surface area contributed by atoms with E-state index in [-0.39, 0.29) is 26.4 Å². The summed E-state index contributed by atoms with van der Waals surface area (Å²) >= 11 is 0. The molecule has 10 heteroatoms. The number of fused-ring (bicyclic) bond motifs is 2. The van der Waals surface area contributed by atoms with E-state index in [1.165, 1.54) is 0 Å². The number of aliphatic hydroxyl groups excluding tert-OH is 2. The summed E-state index contributed by atoms with van der Waals surface area (Å²) in [5, 5.41) is 24.5. The van der Waals surface area contributed by atoms with E-state index >= 15 is 0 Å². The summed E-state index contributed by atoms with van der Waals surface area (Å²) in [5.74, 6) is 2.20. The molecule has 2 bridgehead atoms. The fourth-order valence-corrected chi connectivity index (χ4v) is 4.67. The molecule has 2 amide bonds. The molecule has 6 atom stereocenters. The van der Waals surface area contributed by atoms with Crippen molar-refractivity contribution in [1.82, 2.24) is 10.6 Å². The summed E-state index contributed by atoms with van der Waals surface area (Å²) < 4.78 is 20.2. The van der Waals surface area contributed by atoms with Gasteiger partial charge in [-0.1, -0.05) is 13.2 Å². The number of amides is 2. The summed E-state index contributed by atoms with van der Waals surface area (Å²) in [5.41, 5.74) is 0.992. The number of alkyl carbamates (subject to hydrolysis) is 2. The Bertz CT molecular complexity index is 700. The number of carbonyl (C=O) groups excluding carboxylic acids is 2. The zero-order chi connectivity index (χ0) is 25.1. The van der Waals surface area contributed by atoms with Gasteiger partial charge in [-0.3, -0.25) is 0 Å². The second-order valence-corrected chi connectivity index (χ2v) is 9.25. The molecule has 4 N–H and O–H groups in total. The number of nitrogens with one attached hydrogen (secondary N) is 2. The Morgan fingerprint density at radius 1 is 0.824 bits per heavy atom. The first-order chi connectivity index (χ1) is 16.2. The van der Waals surface area contributed by atoms with Crippen LogP contribution in [0.3, 0.4) is 0 Å². The quantitative estimate of drug-likeness (QED) is 0.158. The second kappa shape index (κ2) is 14.3. The Balaban J connectivity index is 1.50. The van der Waals surface area contributed by atoms with Crippen molar-refractivity contribution in [2.75, 3.05) is 39.5 Å². The minimum absolute atomic E-state index is 0.0604. The van der Waals surface area contributed by atoms with E-state index in [1.807, 2.05) is 0 Å². The lowest BCUT2D eigenvalue weighted by molar-refractivity contribution is -0.0818. The van der Waals surface area contributed by atoms with Crippen molar-refractivity contribution in [3.63, 3.8) is 0 Å².